The summed E-state index contributed by atoms with van der Waals surface area (Å²) in [7, 11) is 0. The predicted molar refractivity (Wildman–Crippen MR) is 109 cm³/mol. The number of nitrogens with one attached hydrogen (secondary N) is 1. The van der Waals surface area contributed by atoms with Gasteiger partial charge in [0.05, 0.1) is 5.56 Å². The molecule has 29 heavy (non-hydrogen) atoms. The number of ether oxygens (including phenoxy) is 2. The third-order valence-corrected chi connectivity index (χ3v) is 5.12. The molecule has 0 saturated heterocycles. The summed E-state index contributed by atoms with van der Waals surface area (Å²) < 4.78 is 11.1. The Labute approximate surface area is 168 Å². The van der Waals surface area contributed by atoms with E-state index in [4.69, 9.17) is 9.47 Å². The van der Waals surface area contributed by atoms with E-state index in [0.717, 1.165) is 23.5 Å². The molecule has 2 aromatic carbocycles. The maximum Gasteiger partial charge on any atom is 0.261 e. The van der Waals surface area contributed by atoms with E-state index in [2.05, 4.69) is 28.3 Å². The number of carbonyl (C=O) groups is 1. The van der Waals surface area contributed by atoms with Crippen molar-refractivity contribution in [2.45, 2.75) is 19.4 Å². The molecule has 2 aliphatic rings. The zero-order valence-electron chi connectivity index (χ0n) is 16.0. The van der Waals surface area contributed by atoms with Crippen molar-refractivity contribution in [3.05, 3.63) is 66.0 Å². The molecule has 0 radical (unpaired) electrons. The second-order valence-electron chi connectivity index (χ2n) is 7.14. The van der Waals surface area contributed by atoms with Crippen molar-refractivity contribution in [2.75, 3.05) is 23.4 Å². The smallest absolute Gasteiger partial charge is 0.261 e. The summed E-state index contributed by atoms with van der Waals surface area (Å²) in [5, 5.41) is 3.13. The summed E-state index contributed by atoms with van der Waals surface area (Å²) in [6, 6.07) is 13.7. The lowest BCUT2D eigenvalue weighted by Gasteiger charge is -2.22. The highest BCUT2D eigenvalue weighted by Gasteiger charge is 2.31. The zero-order chi connectivity index (χ0) is 19.8. The lowest BCUT2D eigenvalue weighted by Crippen LogP contribution is -2.35. The summed E-state index contributed by atoms with van der Waals surface area (Å²) in [5.41, 5.74) is 3.39. The molecule has 0 spiro atoms. The molecule has 0 saturated carbocycles. The van der Waals surface area contributed by atoms with E-state index in [-0.39, 0.29) is 11.9 Å². The quantitative estimate of drug-likeness (QED) is 0.739. The van der Waals surface area contributed by atoms with Crippen molar-refractivity contribution in [3.63, 3.8) is 0 Å². The zero-order valence-corrected chi connectivity index (χ0v) is 16.0. The van der Waals surface area contributed by atoms with Gasteiger partial charge < -0.3 is 19.7 Å². The number of hydrogen-bond donors (Lipinski definition) is 1. The summed E-state index contributed by atoms with van der Waals surface area (Å²) in [4.78, 5) is 23.5. The van der Waals surface area contributed by atoms with Gasteiger partial charge in [0.1, 0.15) is 13.2 Å². The third kappa shape index (κ3) is 3.24. The van der Waals surface area contributed by atoms with Gasteiger partial charge in [-0.05, 0) is 37.1 Å². The number of benzene rings is 2. The minimum Gasteiger partial charge on any atom is -0.486 e. The fraction of sp³-hybridized carbons (Fsp3) is 0.227. The van der Waals surface area contributed by atoms with Gasteiger partial charge in [-0.25, -0.2) is 9.97 Å². The van der Waals surface area contributed by atoms with Gasteiger partial charge >= 0.3 is 0 Å². The van der Waals surface area contributed by atoms with Crippen LogP contribution in [-0.2, 0) is 6.42 Å². The van der Waals surface area contributed by atoms with Crippen LogP contribution in [0.4, 0.5) is 17.3 Å². The van der Waals surface area contributed by atoms with Crippen molar-refractivity contribution in [1.82, 2.24) is 9.97 Å². The molecule has 3 heterocycles. The number of hydrogen-bond acceptors (Lipinski definition) is 6. The van der Waals surface area contributed by atoms with Gasteiger partial charge in [0.2, 0.25) is 5.95 Å². The highest BCUT2D eigenvalue weighted by atomic mass is 16.6. The first kappa shape index (κ1) is 17.5. The van der Waals surface area contributed by atoms with Crippen LogP contribution in [0.3, 0.4) is 0 Å². The van der Waals surface area contributed by atoms with E-state index in [1.54, 1.807) is 12.4 Å². The number of carbonyl (C=O) groups excluding carboxylic acids is 1. The topological polar surface area (TPSA) is 76.6 Å². The van der Waals surface area contributed by atoms with E-state index in [1.807, 2.05) is 41.3 Å². The number of nitrogens with zero attached hydrogens (tertiary/aromatic N) is 3. The Kier molecular flexibility index (Phi) is 4.27. The Morgan fingerprint density at radius 1 is 1.07 bits per heavy atom. The first-order chi connectivity index (χ1) is 14.2. The molecule has 0 bridgehead atoms. The number of para-hydroxylation sites is 1. The molecule has 1 amide bonds. The van der Waals surface area contributed by atoms with Gasteiger partial charge in [-0.15, -0.1) is 0 Å². The Balaban J connectivity index is 1.33. The van der Waals surface area contributed by atoms with Gasteiger partial charge in [0, 0.05) is 35.9 Å². The van der Waals surface area contributed by atoms with Crippen LogP contribution in [0.2, 0.25) is 0 Å². The normalized spacial score (nSPS) is 17.0. The predicted octanol–water partition coefficient (Wildman–Crippen LogP) is 3.58. The van der Waals surface area contributed by atoms with Crippen LogP contribution in [0.5, 0.6) is 11.5 Å². The summed E-state index contributed by atoms with van der Waals surface area (Å²) in [6.07, 6.45) is 3.97. The second kappa shape index (κ2) is 7.09. The van der Waals surface area contributed by atoms with E-state index < -0.39 is 0 Å². The van der Waals surface area contributed by atoms with E-state index in [0.29, 0.717) is 30.5 Å². The van der Waals surface area contributed by atoms with Gasteiger partial charge in [0.25, 0.3) is 5.91 Å². The first-order valence-corrected chi connectivity index (χ1v) is 9.59. The van der Waals surface area contributed by atoms with Gasteiger partial charge in [-0.3, -0.25) is 4.79 Å². The minimum atomic E-state index is -0.0895. The summed E-state index contributed by atoms with van der Waals surface area (Å²) in [5.74, 6) is 1.74. The summed E-state index contributed by atoms with van der Waals surface area (Å²) >= 11 is 0. The Hall–Kier alpha value is -3.61. The number of aromatic nitrogens is 2. The van der Waals surface area contributed by atoms with E-state index in [9.17, 15) is 4.79 Å². The molecular weight excluding hydrogens is 368 g/mol. The Morgan fingerprint density at radius 2 is 1.83 bits per heavy atom. The van der Waals surface area contributed by atoms with Crippen molar-refractivity contribution in [3.8, 4) is 11.5 Å². The fourth-order valence-corrected chi connectivity index (χ4v) is 3.77. The van der Waals surface area contributed by atoms with Crippen molar-refractivity contribution in [2.24, 2.45) is 0 Å². The molecule has 5 rings (SSSR count). The van der Waals surface area contributed by atoms with Crippen LogP contribution in [0.25, 0.3) is 0 Å². The second-order valence-corrected chi connectivity index (χ2v) is 7.14. The number of anilines is 3. The molecule has 1 atom stereocenters. The van der Waals surface area contributed by atoms with Crippen molar-refractivity contribution in [1.29, 1.82) is 0 Å². The van der Waals surface area contributed by atoms with Crippen molar-refractivity contribution < 1.29 is 14.3 Å². The molecule has 3 aromatic rings. The minimum absolute atomic E-state index is 0.0895. The van der Waals surface area contributed by atoms with E-state index in [1.165, 1.54) is 5.56 Å². The number of amides is 1. The van der Waals surface area contributed by atoms with Crippen molar-refractivity contribution >= 4 is 23.2 Å². The van der Waals surface area contributed by atoms with Crippen LogP contribution < -0.4 is 19.7 Å². The molecule has 146 valence electrons. The average Bonchev–Trinajstić information content (AvgIpc) is 3.09. The maximum atomic E-state index is 13.0. The number of fused-ring (bicyclic) bond motifs is 2. The summed E-state index contributed by atoms with van der Waals surface area (Å²) in [6.45, 7) is 3.14. The maximum absolute atomic E-state index is 13.0. The Bertz CT molecular complexity index is 1070. The van der Waals surface area contributed by atoms with Crippen LogP contribution >= 0.6 is 0 Å². The molecular formula is C22H20N4O3. The molecule has 1 N–H and O–H groups in total. The van der Waals surface area contributed by atoms with Gasteiger partial charge in [-0.1, -0.05) is 18.2 Å². The standard InChI is InChI=1S/C22H20N4O3/c1-14-10-15-4-2-3-5-18(15)26(14)21(27)16-12-23-22(24-13-16)25-17-6-7-19-20(11-17)29-9-8-28-19/h2-7,11-14H,8-10H2,1H3,(H,23,24,25). The molecule has 1 aromatic heterocycles. The van der Waals surface area contributed by atoms with E-state index >= 15 is 0 Å². The van der Waals surface area contributed by atoms with Crippen LogP contribution in [-0.4, -0.2) is 35.1 Å². The molecule has 2 aliphatic heterocycles. The molecule has 1 unspecified atom stereocenters. The van der Waals surface area contributed by atoms with Crippen LogP contribution in [0.15, 0.2) is 54.9 Å². The SMILES string of the molecule is CC1Cc2ccccc2N1C(=O)c1cnc(Nc2ccc3c(c2)OCCO3)nc1. The first-order valence-electron chi connectivity index (χ1n) is 9.59. The fourth-order valence-electron chi connectivity index (χ4n) is 3.77. The molecule has 0 aliphatic carbocycles. The lowest BCUT2D eigenvalue weighted by atomic mass is 10.1. The highest BCUT2D eigenvalue weighted by molar-refractivity contribution is 6.07. The number of rotatable bonds is 3. The lowest BCUT2D eigenvalue weighted by molar-refractivity contribution is 0.0981. The molecule has 7 heteroatoms. The average molecular weight is 388 g/mol. The Morgan fingerprint density at radius 3 is 2.66 bits per heavy atom. The van der Waals surface area contributed by atoms with Crippen LogP contribution in [0, 0.1) is 0 Å². The van der Waals surface area contributed by atoms with Gasteiger partial charge in [0.15, 0.2) is 11.5 Å². The monoisotopic (exact) mass is 388 g/mol. The largest absolute Gasteiger partial charge is 0.486 e. The van der Waals surface area contributed by atoms with Gasteiger partial charge in [-0.2, -0.15) is 0 Å². The molecule has 0 fully saturated rings. The molecule has 7 nitrogen and oxygen atoms in total. The third-order valence-electron chi connectivity index (χ3n) is 5.12. The highest BCUT2D eigenvalue weighted by Crippen LogP contribution is 2.34. The van der Waals surface area contributed by atoms with Crippen LogP contribution in [0.1, 0.15) is 22.8 Å².